The first-order valence-electron chi connectivity index (χ1n) is 17.2. The number of alkyl carbamates (subject to hydrolysis) is 1. The molecule has 5 amide bonds. The maximum atomic E-state index is 13.4. The Morgan fingerprint density at radius 2 is 1.16 bits per heavy atom. The molecule has 2 aromatic rings. The lowest BCUT2D eigenvalue weighted by atomic mass is 9.94. The number of rotatable bonds is 13. The van der Waals surface area contributed by atoms with E-state index in [-0.39, 0.29) is 24.9 Å². The van der Waals surface area contributed by atoms with Crippen LogP contribution in [0.4, 0.5) is 14.4 Å². The lowest BCUT2D eigenvalue weighted by molar-refractivity contribution is 0.0204. The van der Waals surface area contributed by atoms with Crippen LogP contribution in [-0.2, 0) is 14.2 Å². The Kier molecular flexibility index (Phi) is 13.7. The monoisotopic (exact) mass is 760 g/mol. The number of carbonyl (C=O) groups is 5. The molecule has 50 heavy (non-hydrogen) atoms. The molecule has 0 radical (unpaired) electrons. The van der Waals surface area contributed by atoms with E-state index in [9.17, 15) is 24.0 Å². The van der Waals surface area contributed by atoms with Gasteiger partial charge in [0.1, 0.15) is 16.8 Å². The van der Waals surface area contributed by atoms with Crippen molar-refractivity contribution in [3.63, 3.8) is 0 Å². The van der Waals surface area contributed by atoms with Crippen molar-refractivity contribution >= 4 is 56.8 Å². The number of ether oxygens (including phenoxy) is 3. The number of carbonyl (C=O) groups excluding carboxylic acids is 5. The molecule has 0 fully saturated rings. The van der Waals surface area contributed by atoms with Gasteiger partial charge in [0, 0.05) is 60.3 Å². The fraction of sp³-hybridized carbons (Fsp3) is 0.595. The Labute approximate surface area is 304 Å². The molecule has 0 saturated carbocycles. The summed E-state index contributed by atoms with van der Waals surface area (Å²) in [5.74, 6) is -0.725. The van der Waals surface area contributed by atoms with Crippen molar-refractivity contribution in [2.45, 2.75) is 105 Å². The summed E-state index contributed by atoms with van der Waals surface area (Å²) < 4.78 is 17.4. The molecular weight excluding hydrogens is 708 g/mol. The van der Waals surface area contributed by atoms with E-state index in [1.54, 1.807) is 90.3 Å². The minimum absolute atomic E-state index is 0.132. The van der Waals surface area contributed by atoms with Gasteiger partial charge in [-0.2, -0.15) is 0 Å². The summed E-state index contributed by atoms with van der Waals surface area (Å²) in [5, 5.41) is 4.16. The molecule has 2 aromatic carbocycles. The molecule has 1 heterocycles. The predicted octanol–water partition coefficient (Wildman–Crippen LogP) is 7.76. The summed E-state index contributed by atoms with van der Waals surface area (Å²) in [5.41, 5.74) is -1.07. The van der Waals surface area contributed by atoms with Crippen LogP contribution >= 0.6 is 15.9 Å². The predicted molar refractivity (Wildman–Crippen MR) is 195 cm³/mol. The average molecular weight is 762 g/mol. The number of nitrogens with one attached hydrogen (secondary N) is 1. The van der Waals surface area contributed by atoms with Gasteiger partial charge >= 0.3 is 18.3 Å². The molecule has 276 valence electrons. The first kappa shape index (κ1) is 40.6. The zero-order valence-electron chi connectivity index (χ0n) is 30.9. The lowest BCUT2D eigenvalue weighted by Gasteiger charge is -2.30. The first-order valence-corrected chi connectivity index (χ1v) is 18.0. The number of hydrogen-bond acceptors (Lipinski definition) is 8. The molecular formula is C37H53BrN4O8. The smallest absolute Gasteiger partial charge is 0.410 e. The van der Waals surface area contributed by atoms with Crippen LogP contribution in [0.15, 0.2) is 34.8 Å². The molecule has 1 N–H and O–H groups in total. The molecule has 0 saturated heterocycles. The van der Waals surface area contributed by atoms with E-state index in [1.807, 2.05) is 12.1 Å². The number of nitrogens with zero attached hydrogens (tertiary/aromatic N) is 3. The standard InChI is InChI=1S/C37H53BrN4O8/c1-35(2,3)48-32(45)39-19-13-22-40(33(46)49-36(4,5)6)20-10-11-21-41(34(47)50-37(7,8)9)23-14-24-42-30(43)26-16-12-15-25-28(38)18-17-27(29(25)26)31(42)44/h12,15-18H,10-11,13-14,19-24H2,1-9H3,(H,39,45). The average Bonchev–Trinajstić information content (AvgIpc) is 2.97. The van der Waals surface area contributed by atoms with Gasteiger partial charge in [0.25, 0.3) is 11.8 Å². The van der Waals surface area contributed by atoms with Crippen molar-refractivity contribution < 1.29 is 38.2 Å². The Balaban J connectivity index is 1.61. The third-order valence-corrected chi connectivity index (χ3v) is 8.12. The molecule has 0 aliphatic carbocycles. The van der Waals surface area contributed by atoms with Crippen LogP contribution in [0.3, 0.4) is 0 Å². The quantitative estimate of drug-likeness (QED) is 0.124. The highest BCUT2D eigenvalue weighted by molar-refractivity contribution is 9.10. The maximum Gasteiger partial charge on any atom is 0.410 e. The number of halogens is 1. The Morgan fingerprint density at radius 1 is 0.680 bits per heavy atom. The van der Waals surface area contributed by atoms with E-state index in [0.29, 0.717) is 68.4 Å². The fourth-order valence-electron chi connectivity index (χ4n) is 5.35. The summed E-state index contributed by atoms with van der Waals surface area (Å²) >= 11 is 3.51. The number of unbranched alkanes of at least 4 members (excludes halogenated alkanes) is 1. The molecule has 0 bridgehead atoms. The number of imide groups is 1. The Hall–Kier alpha value is -3.87. The van der Waals surface area contributed by atoms with Crippen LogP contribution in [0.25, 0.3) is 10.8 Å². The molecule has 0 unspecified atom stereocenters. The van der Waals surface area contributed by atoms with Crippen molar-refractivity contribution in [3.8, 4) is 0 Å². The van der Waals surface area contributed by atoms with Crippen LogP contribution in [0, 0.1) is 0 Å². The van der Waals surface area contributed by atoms with E-state index in [4.69, 9.17) is 14.2 Å². The summed E-state index contributed by atoms with van der Waals surface area (Å²) in [6, 6.07) is 8.93. The second-order valence-electron chi connectivity index (χ2n) is 15.4. The minimum Gasteiger partial charge on any atom is -0.444 e. The minimum atomic E-state index is -0.717. The van der Waals surface area contributed by atoms with Crippen molar-refractivity contribution in [2.75, 3.05) is 39.3 Å². The van der Waals surface area contributed by atoms with E-state index < -0.39 is 35.1 Å². The van der Waals surface area contributed by atoms with Gasteiger partial charge in [0.2, 0.25) is 0 Å². The summed E-state index contributed by atoms with van der Waals surface area (Å²) in [7, 11) is 0. The molecule has 0 atom stereocenters. The molecule has 0 spiro atoms. The van der Waals surface area contributed by atoms with E-state index in [1.165, 1.54) is 4.90 Å². The number of hydrogen-bond donors (Lipinski definition) is 1. The summed E-state index contributed by atoms with van der Waals surface area (Å²) in [4.78, 5) is 69.6. The topological polar surface area (TPSA) is 135 Å². The number of benzene rings is 2. The van der Waals surface area contributed by atoms with E-state index >= 15 is 0 Å². The third-order valence-electron chi connectivity index (χ3n) is 7.43. The van der Waals surface area contributed by atoms with Gasteiger partial charge in [0.05, 0.1) is 0 Å². The number of amides is 5. The Morgan fingerprint density at radius 3 is 1.68 bits per heavy atom. The van der Waals surface area contributed by atoms with Crippen molar-refractivity contribution in [3.05, 3.63) is 45.9 Å². The molecule has 1 aliphatic heterocycles. The second-order valence-corrected chi connectivity index (χ2v) is 16.2. The highest BCUT2D eigenvalue weighted by atomic mass is 79.9. The zero-order valence-corrected chi connectivity index (χ0v) is 32.5. The van der Waals surface area contributed by atoms with Crippen molar-refractivity contribution in [1.29, 1.82) is 0 Å². The van der Waals surface area contributed by atoms with Gasteiger partial charge in [-0.1, -0.05) is 28.1 Å². The van der Waals surface area contributed by atoms with Crippen LogP contribution in [0.5, 0.6) is 0 Å². The molecule has 1 aliphatic rings. The second kappa shape index (κ2) is 16.9. The molecule has 12 nitrogen and oxygen atoms in total. The summed E-state index contributed by atoms with van der Waals surface area (Å²) in [6.45, 7) is 17.9. The van der Waals surface area contributed by atoms with Gasteiger partial charge in [-0.3, -0.25) is 14.5 Å². The van der Waals surface area contributed by atoms with Crippen LogP contribution in [0.1, 0.15) is 109 Å². The van der Waals surface area contributed by atoms with E-state index in [2.05, 4.69) is 21.2 Å². The first-order chi connectivity index (χ1) is 23.2. The lowest BCUT2D eigenvalue weighted by Crippen LogP contribution is -2.43. The van der Waals surface area contributed by atoms with Crippen LogP contribution < -0.4 is 5.32 Å². The fourth-order valence-corrected chi connectivity index (χ4v) is 5.82. The van der Waals surface area contributed by atoms with Gasteiger partial charge in [-0.25, -0.2) is 14.4 Å². The van der Waals surface area contributed by atoms with Crippen LogP contribution in [-0.4, -0.2) is 101 Å². The zero-order chi connectivity index (χ0) is 37.4. The normalized spacial score (nSPS) is 13.3. The van der Waals surface area contributed by atoms with Crippen molar-refractivity contribution in [2.24, 2.45) is 0 Å². The molecule has 0 aromatic heterocycles. The molecule has 13 heteroatoms. The highest BCUT2D eigenvalue weighted by Gasteiger charge is 2.33. The van der Waals surface area contributed by atoms with Gasteiger partial charge in [-0.15, -0.1) is 0 Å². The maximum absolute atomic E-state index is 13.4. The van der Waals surface area contributed by atoms with Crippen LogP contribution in [0.2, 0.25) is 0 Å². The van der Waals surface area contributed by atoms with Crippen molar-refractivity contribution in [1.82, 2.24) is 20.0 Å². The third kappa shape index (κ3) is 12.2. The van der Waals surface area contributed by atoms with Gasteiger partial charge in [0.15, 0.2) is 0 Å². The molecule has 3 rings (SSSR count). The summed E-state index contributed by atoms with van der Waals surface area (Å²) in [6.07, 6.45) is 0.496. The van der Waals surface area contributed by atoms with Gasteiger partial charge < -0.3 is 29.3 Å². The highest BCUT2D eigenvalue weighted by Crippen LogP contribution is 2.34. The SMILES string of the molecule is CC(C)(C)OC(=O)NCCCN(CCCCN(CCCN1C(=O)c2cccc3c(Br)ccc(c23)C1=O)C(=O)OC(C)(C)C)C(=O)OC(C)(C)C. The van der Waals surface area contributed by atoms with E-state index in [0.717, 1.165) is 9.86 Å². The van der Waals surface area contributed by atoms with Gasteiger partial charge in [-0.05, 0) is 112 Å². The Bertz CT molecular complexity index is 1540. The largest absolute Gasteiger partial charge is 0.444 e.